The molecule has 21 heavy (non-hydrogen) atoms. The topological polar surface area (TPSA) is 44.5 Å². The number of benzene rings is 2. The number of ether oxygens (including phenoxy) is 2. The van der Waals surface area contributed by atoms with Crippen LogP contribution in [-0.2, 0) is 12.8 Å². The van der Waals surface area contributed by atoms with Crippen LogP contribution in [0.3, 0.4) is 0 Å². The first kappa shape index (κ1) is 15.0. The van der Waals surface area contributed by atoms with Gasteiger partial charge in [0.05, 0.1) is 18.4 Å². The van der Waals surface area contributed by atoms with E-state index in [-0.39, 0.29) is 6.61 Å². The van der Waals surface area contributed by atoms with Crippen molar-refractivity contribution < 1.29 is 22.6 Å². The fourth-order valence-corrected chi connectivity index (χ4v) is 1.77. The summed E-state index contributed by atoms with van der Waals surface area (Å²) in [7, 11) is 1.50. The molecule has 0 bridgehead atoms. The maximum atomic E-state index is 12.6. The van der Waals surface area contributed by atoms with Crippen molar-refractivity contribution in [3.05, 3.63) is 53.6 Å². The fraction of sp³-hybridized carbons (Fsp3) is 0.200. The summed E-state index contributed by atoms with van der Waals surface area (Å²) in [5.74, 6) is 0.926. The zero-order chi connectivity index (χ0) is 15.5. The number of halogens is 3. The summed E-state index contributed by atoms with van der Waals surface area (Å²) in [5, 5.41) is 0. The van der Waals surface area contributed by atoms with E-state index in [2.05, 4.69) is 0 Å². The van der Waals surface area contributed by atoms with E-state index in [0.717, 1.165) is 12.1 Å². The third kappa shape index (κ3) is 3.81. The second-order valence-electron chi connectivity index (χ2n) is 4.39. The fourth-order valence-electron chi connectivity index (χ4n) is 1.77. The van der Waals surface area contributed by atoms with E-state index in [1.165, 1.54) is 13.2 Å². The highest BCUT2D eigenvalue weighted by atomic mass is 19.4. The largest absolute Gasteiger partial charge is 0.497 e. The number of nitrogen functional groups attached to an aromatic ring is 1. The van der Waals surface area contributed by atoms with Gasteiger partial charge in [-0.25, -0.2) is 0 Å². The van der Waals surface area contributed by atoms with Crippen LogP contribution in [0.2, 0.25) is 0 Å². The predicted molar refractivity (Wildman–Crippen MR) is 73.2 cm³/mol. The molecule has 0 saturated heterocycles. The lowest BCUT2D eigenvalue weighted by molar-refractivity contribution is -0.137. The summed E-state index contributed by atoms with van der Waals surface area (Å²) in [6, 6.07) is 9.84. The molecule has 3 nitrogen and oxygen atoms in total. The SMILES string of the molecule is COc1ccc(N)c(OCc2cccc(C(F)(F)F)c2)c1. The minimum Gasteiger partial charge on any atom is -0.497 e. The van der Waals surface area contributed by atoms with Gasteiger partial charge in [0.2, 0.25) is 0 Å². The molecule has 6 heteroatoms. The van der Waals surface area contributed by atoms with E-state index in [0.29, 0.717) is 22.7 Å². The average Bonchev–Trinajstić information content (AvgIpc) is 2.46. The van der Waals surface area contributed by atoms with Crippen LogP contribution in [0.5, 0.6) is 11.5 Å². The Hall–Kier alpha value is -2.37. The van der Waals surface area contributed by atoms with Crippen molar-refractivity contribution in [2.75, 3.05) is 12.8 Å². The Labute approximate surface area is 120 Å². The van der Waals surface area contributed by atoms with Crippen molar-refractivity contribution in [3.8, 4) is 11.5 Å². The van der Waals surface area contributed by atoms with Gasteiger partial charge >= 0.3 is 6.18 Å². The van der Waals surface area contributed by atoms with Crippen LogP contribution in [0.25, 0.3) is 0 Å². The van der Waals surface area contributed by atoms with Crippen LogP contribution < -0.4 is 15.2 Å². The Balaban J connectivity index is 2.13. The number of anilines is 1. The van der Waals surface area contributed by atoms with E-state index in [1.54, 1.807) is 24.3 Å². The lowest BCUT2D eigenvalue weighted by atomic mass is 10.1. The first-order valence-electron chi connectivity index (χ1n) is 6.12. The molecule has 0 aromatic heterocycles. The van der Waals surface area contributed by atoms with Crippen molar-refractivity contribution in [2.45, 2.75) is 12.8 Å². The summed E-state index contributed by atoms with van der Waals surface area (Å²) >= 11 is 0. The average molecular weight is 297 g/mol. The molecule has 0 unspecified atom stereocenters. The number of nitrogens with two attached hydrogens (primary N) is 1. The molecule has 0 atom stereocenters. The molecule has 0 aliphatic rings. The van der Waals surface area contributed by atoms with Crippen LogP contribution in [-0.4, -0.2) is 7.11 Å². The van der Waals surface area contributed by atoms with Gasteiger partial charge in [-0.15, -0.1) is 0 Å². The summed E-state index contributed by atoms with van der Waals surface area (Å²) in [6.07, 6.45) is -4.37. The summed E-state index contributed by atoms with van der Waals surface area (Å²) < 4.78 is 48.4. The second-order valence-corrected chi connectivity index (χ2v) is 4.39. The molecular weight excluding hydrogens is 283 g/mol. The second kappa shape index (κ2) is 5.95. The molecule has 2 rings (SSSR count). The van der Waals surface area contributed by atoms with E-state index < -0.39 is 11.7 Å². The zero-order valence-electron chi connectivity index (χ0n) is 11.3. The Kier molecular flexibility index (Phi) is 4.26. The van der Waals surface area contributed by atoms with E-state index in [4.69, 9.17) is 15.2 Å². The summed E-state index contributed by atoms with van der Waals surface area (Å²) in [5.41, 5.74) is 5.84. The zero-order valence-corrected chi connectivity index (χ0v) is 11.3. The molecule has 0 heterocycles. The van der Waals surface area contributed by atoms with Crippen molar-refractivity contribution in [1.82, 2.24) is 0 Å². The highest BCUT2D eigenvalue weighted by Gasteiger charge is 2.30. The van der Waals surface area contributed by atoms with Crippen molar-refractivity contribution in [3.63, 3.8) is 0 Å². The molecule has 0 fully saturated rings. The molecule has 0 amide bonds. The summed E-state index contributed by atoms with van der Waals surface area (Å²) in [4.78, 5) is 0. The van der Waals surface area contributed by atoms with Gasteiger partial charge in [-0.3, -0.25) is 0 Å². The van der Waals surface area contributed by atoms with Crippen molar-refractivity contribution in [2.24, 2.45) is 0 Å². The van der Waals surface area contributed by atoms with Gasteiger partial charge < -0.3 is 15.2 Å². The third-order valence-corrected chi connectivity index (χ3v) is 2.87. The van der Waals surface area contributed by atoms with E-state index in [9.17, 15) is 13.2 Å². The lowest BCUT2D eigenvalue weighted by Crippen LogP contribution is -2.06. The van der Waals surface area contributed by atoms with Crippen molar-refractivity contribution in [1.29, 1.82) is 0 Å². The first-order valence-corrected chi connectivity index (χ1v) is 6.12. The van der Waals surface area contributed by atoms with E-state index in [1.807, 2.05) is 0 Å². The lowest BCUT2D eigenvalue weighted by Gasteiger charge is -2.12. The van der Waals surface area contributed by atoms with Crippen LogP contribution >= 0.6 is 0 Å². The molecular formula is C15H14F3NO2. The van der Waals surface area contributed by atoms with Crippen molar-refractivity contribution >= 4 is 5.69 Å². The number of hydrogen-bond acceptors (Lipinski definition) is 3. The van der Waals surface area contributed by atoms with Gasteiger partial charge in [0.25, 0.3) is 0 Å². The van der Waals surface area contributed by atoms with Gasteiger partial charge in [-0.2, -0.15) is 13.2 Å². The number of rotatable bonds is 4. The molecule has 112 valence electrons. The molecule has 0 aliphatic heterocycles. The van der Waals surface area contributed by atoms with Gasteiger partial charge in [0.1, 0.15) is 18.1 Å². The first-order chi connectivity index (χ1) is 9.90. The van der Waals surface area contributed by atoms with Crippen LogP contribution in [0.1, 0.15) is 11.1 Å². The smallest absolute Gasteiger partial charge is 0.416 e. The molecule has 2 aromatic rings. The Bertz CT molecular complexity index is 627. The molecule has 0 radical (unpaired) electrons. The maximum absolute atomic E-state index is 12.6. The van der Waals surface area contributed by atoms with Gasteiger partial charge in [0, 0.05) is 6.07 Å². The van der Waals surface area contributed by atoms with Crippen LogP contribution in [0.15, 0.2) is 42.5 Å². The van der Waals surface area contributed by atoms with Crippen LogP contribution in [0, 0.1) is 0 Å². The van der Waals surface area contributed by atoms with E-state index >= 15 is 0 Å². The molecule has 0 spiro atoms. The number of hydrogen-bond donors (Lipinski definition) is 1. The predicted octanol–water partition coefficient (Wildman–Crippen LogP) is 3.88. The quantitative estimate of drug-likeness (QED) is 0.871. The monoisotopic (exact) mass is 297 g/mol. The Morgan fingerprint density at radius 3 is 2.52 bits per heavy atom. The number of alkyl halides is 3. The standard InChI is InChI=1S/C15H14F3NO2/c1-20-12-5-6-13(19)14(8-12)21-9-10-3-2-4-11(7-10)15(16,17)18/h2-8H,9,19H2,1H3. The molecule has 2 aromatic carbocycles. The van der Waals surface area contributed by atoms with Gasteiger partial charge in [-0.1, -0.05) is 12.1 Å². The Morgan fingerprint density at radius 2 is 1.86 bits per heavy atom. The normalized spacial score (nSPS) is 11.2. The highest BCUT2D eigenvalue weighted by Crippen LogP contribution is 2.31. The van der Waals surface area contributed by atoms with Gasteiger partial charge in [-0.05, 0) is 29.8 Å². The minimum absolute atomic E-state index is 0.0126. The molecule has 0 saturated carbocycles. The molecule has 0 aliphatic carbocycles. The Morgan fingerprint density at radius 1 is 1.10 bits per heavy atom. The summed E-state index contributed by atoms with van der Waals surface area (Å²) in [6.45, 7) is -0.0126. The maximum Gasteiger partial charge on any atom is 0.416 e. The minimum atomic E-state index is -4.37. The molecule has 2 N–H and O–H groups in total. The van der Waals surface area contributed by atoms with Gasteiger partial charge in [0.15, 0.2) is 0 Å². The van der Waals surface area contributed by atoms with Crippen LogP contribution in [0.4, 0.5) is 18.9 Å². The highest BCUT2D eigenvalue weighted by molar-refractivity contribution is 5.55. The third-order valence-electron chi connectivity index (χ3n) is 2.87. The number of methoxy groups -OCH3 is 1.